The predicted octanol–water partition coefficient (Wildman–Crippen LogP) is 5.73. The van der Waals surface area contributed by atoms with Crippen LogP contribution >= 0.6 is 0 Å². The molecule has 1 saturated carbocycles. The molecule has 1 atom stereocenters. The fraction of sp³-hybridized carbons (Fsp3) is 0.529. The molecule has 9 nitrogen and oxygen atoms in total. The number of piperidine rings is 1. The van der Waals surface area contributed by atoms with E-state index in [1.807, 2.05) is 0 Å². The first-order chi connectivity index (χ1) is 22.0. The van der Waals surface area contributed by atoms with E-state index in [2.05, 4.69) is 6.07 Å². The van der Waals surface area contributed by atoms with Gasteiger partial charge in [0.25, 0.3) is 0 Å². The van der Waals surface area contributed by atoms with Gasteiger partial charge in [0.05, 0.1) is 32.5 Å². The standard InChI is InChI=1S/C34H40F3N3O6/c1-4-45-31(41)10-8-23-16-29(43-2)32(30(17-23)44-3)46-25-11-13-39(14-12-25)21-33(42,34(35,36)37)27-20-40(19-22-5-6-22)28-15-24(18-38)7-9-26(27)28/h7,9,15-17,20,22,25,42H,4-6,8,10-14,19,21H2,1-3H3. The highest BCUT2D eigenvalue weighted by Gasteiger charge is 2.57. The molecule has 0 amide bonds. The number of hydrogen-bond donors (Lipinski definition) is 1. The molecular formula is C34H40F3N3O6. The Morgan fingerprint density at radius 1 is 1.07 bits per heavy atom. The number of nitrogens with zero attached hydrogens (tertiary/aromatic N) is 3. The zero-order chi connectivity index (χ0) is 33.1. The van der Waals surface area contributed by atoms with Gasteiger partial charge in [0, 0.05) is 55.3 Å². The van der Waals surface area contributed by atoms with Crippen molar-refractivity contribution in [1.82, 2.24) is 9.47 Å². The molecule has 2 heterocycles. The van der Waals surface area contributed by atoms with Crippen LogP contribution in [0.2, 0.25) is 0 Å². The van der Waals surface area contributed by atoms with Crippen molar-refractivity contribution in [3.05, 3.63) is 53.2 Å². The van der Waals surface area contributed by atoms with E-state index in [1.165, 1.54) is 32.5 Å². The third kappa shape index (κ3) is 7.21. The summed E-state index contributed by atoms with van der Waals surface area (Å²) in [6, 6.07) is 10.2. The van der Waals surface area contributed by atoms with E-state index in [-0.39, 0.29) is 37.1 Å². The molecule has 46 heavy (non-hydrogen) atoms. The van der Waals surface area contributed by atoms with Crippen LogP contribution in [0, 0.1) is 17.2 Å². The number of ether oxygens (including phenoxy) is 4. The average molecular weight is 644 g/mol. The van der Waals surface area contributed by atoms with Crippen molar-refractivity contribution < 1.29 is 42.0 Å². The van der Waals surface area contributed by atoms with Gasteiger partial charge in [-0.25, -0.2) is 0 Å². The first-order valence-corrected chi connectivity index (χ1v) is 15.6. The topological polar surface area (TPSA) is 106 Å². The molecule has 248 valence electrons. The van der Waals surface area contributed by atoms with Crippen LogP contribution in [-0.4, -0.2) is 73.3 Å². The number of rotatable bonds is 13. The summed E-state index contributed by atoms with van der Waals surface area (Å²) in [5, 5.41) is 21.2. The van der Waals surface area contributed by atoms with Gasteiger partial charge in [-0.15, -0.1) is 0 Å². The summed E-state index contributed by atoms with van der Waals surface area (Å²) in [6.45, 7) is 2.50. The third-order valence-electron chi connectivity index (χ3n) is 8.79. The van der Waals surface area contributed by atoms with Crippen LogP contribution in [0.25, 0.3) is 10.9 Å². The summed E-state index contributed by atoms with van der Waals surface area (Å²) in [4.78, 5) is 13.4. The van der Waals surface area contributed by atoms with E-state index >= 15 is 0 Å². The Balaban J connectivity index is 1.31. The van der Waals surface area contributed by atoms with Gasteiger partial charge in [-0.3, -0.25) is 9.69 Å². The Labute approximate surface area is 266 Å². The highest BCUT2D eigenvalue weighted by Crippen LogP contribution is 2.45. The van der Waals surface area contributed by atoms with Crippen LogP contribution in [0.5, 0.6) is 17.2 Å². The van der Waals surface area contributed by atoms with Crippen molar-refractivity contribution in [2.75, 3.05) is 40.5 Å². The SMILES string of the molecule is CCOC(=O)CCc1cc(OC)c(OC2CCN(CC(O)(c3cn(CC4CC4)c4cc(C#N)ccc34)C(F)(F)F)CC2)c(OC)c1. The molecule has 1 unspecified atom stereocenters. The first kappa shape index (κ1) is 33.4. The van der Waals surface area contributed by atoms with Crippen molar-refractivity contribution >= 4 is 16.9 Å². The van der Waals surface area contributed by atoms with E-state index in [0.717, 1.165) is 18.4 Å². The number of likely N-dealkylation sites (tertiary alicyclic amines) is 1. The van der Waals surface area contributed by atoms with Gasteiger partial charge < -0.3 is 28.6 Å². The minimum absolute atomic E-state index is 0.198. The number of carbonyl (C=O) groups excluding carboxylic acids is 1. The van der Waals surface area contributed by atoms with E-state index in [1.54, 1.807) is 34.6 Å². The van der Waals surface area contributed by atoms with Crippen molar-refractivity contribution in [3.8, 4) is 23.3 Å². The monoisotopic (exact) mass is 643 g/mol. The lowest BCUT2D eigenvalue weighted by molar-refractivity contribution is -0.272. The molecule has 0 bridgehead atoms. The average Bonchev–Trinajstić information content (AvgIpc) is 3.79. The molecule has 0 spiro atoms. The van der Waals surface area contributed by atoms with Gasteiger partial charge in [-0.05, 0) is 74.8 Å². The number of hydrogen-bond acceptors (Lipinski definition) is 8. The second kappa shape index (κ2) is 13.8. The van der Waals surface area contributed by atoms with E-state index in [9.17, 15) is 28.3 Å². The molecule has 12 heteroatoms. The zero-order valence-electron chi connectivity index (χ0n) is 26.4. The number of β-amino-alcohol motifs (C(OH)–C–C–N with tert-alkyl or cyclic N) is 1. The van der Waals surface area contributed by atoms with Crippen LogP contribution in [-0.2, 0) is 28.1 Å². The van der Waals surface area contributed by atoms with Crippen molar-refractivity contribution in [2.24, 2.45) is 5.92 Å². The Morgan fingerprint density at radius 2 is 1.74 bits per heavy atom. The van der Waals surface area contributed by atoms with E-state index < -0.39 is 18.3 Å². The highest BCUT2D eigenvalue weighted by atomic mass is 19.4. The van der Waals surface area contributed by atoms with Crippen LogP contribution in [0.4, 0.5) is 13.2 Å². The van der Waals surface area contributed by atoms with Crippen LogP contribution in [0.1, 0.15) is 55.7 Å². The summed E-state index contributed by atoms with van der Waals surface area (Å²) >= 11 is 0. The molecular weight excluding hydrogens is 603 g/mol. The normalized spacial score (nSPS) is 17.3. The smallest absolute Gasteiger partial charge is 0.422 e. The molecule has 5 rings (SSSR count). The highest BCUT2D eigenvalue weighted by molar-refractivity contribution is 5.86. The van der Waals surface area contributed by atoms with Crippen LogP contribution in [0.3, 0.4) is 0 Å². The maximum Gasteiger partial charge on any atom is 0.422 e. The van der Waals surface area contributed by atoms with E-state index in [0.29, 0.717) is 72.0 Å². The predicted molar refractivity (Wildman–Crippen MR) is 164 cm³/mol. The van der Waals surface area contributed by atoms with Crippen molar-refractivity contribution in [2.45, 2.75) is 69.9 Å². The Bertz CT molecular complexity index is 1560. The largest absolute Gasteiger partial charge is 0.493 e. The summed E-state index contributed by atoms with van der Waals surface area (Å²) in [7, 11) is 3.00. The number of methoxy groups -OCH3 is 2. The Kier molecular flexibility index (Phi) is 10.0. The van der Waals surface area contributed by atoms with Crippen LogP contribution < -0.4 is 14.2 Å². The second-order valence-electron chi connectivity index (χ2n) is 12.1. The van der Waals surface area contributed by atoms with Gasteiger partial charge in [0.2, 0.25) is 11.4 Å². The van der Waals surface area contributed by atoms with Gasteiger partial charge in [0.1, 0.15) is 6.10 Å². The lowest BCUT2D eigenvalue weighted by Crippen LogP contribution is -2.53. The van der Waals surface area contributed by atoms with E-state index in [4.69, 9.17) is 18.9 Å². The fourth-order valence-electron chi connectivity index (χ4n) is 6.10. The maximum atomic E-state index is 14.8. The number of aromatic nitrogens is 1. The minimum Gasteiger partial charge on any atom is -0.493 e. The summed E-state index contributed by atoms with van der Waals surface area (Å²) in [5.74, 6) is 1.31. The first-order valence-electron chi connectivity index (χ1n) is 15.6. The number of esters is 1. The maximum absolute atomic E-state index is 14.8. The number of alkyl halides is 3. The number of aryl methyl sites for hydroxylation is 1. The van der Waals surface area contributed by atoms with Gasteiger partial charge in [-0.1, -0.05) is 6.07 Å². The molecule has 0 radical (unpaired) electrons. The van der Waals surface area contributed by atoms with Crippen molar-refractivity contribution in [1.29, 1.82) is 5.26 Å². The summed E-state index contributed by atoms with van der Waals surface area (Å²) in [5.41, 5.74) is -1.64. The Morgan fingerprint density at radius 3 is 2.30 bits per heavy atom. The Hall–Kier alpha value is -3.95. The number of carbonyl (C=O) groups is 1. The molecule has 1 aliphatic heterocycles. The van der Waals surface area contributed by atoms with Crippen molar-refractivity contribution in [3.63, 3.8) is 0 Å². The number of benzene rings is 2. The molecule has 1 aliphatic carbocycles. The van der Waals surface area contributed by atoms with Gasteiger partial charge in [0.15, 0.2) is 11.5 Å². The van der Waals surface area contributed by atoms with Gasteiger partial charge >= 0.3 is 12.1 Å². The molecule has 1 N–H and O–H groups in total. The molecule has 2 fully saturated rings. The second-order valence-corrected chi connectivity index (χ2v) is 12.1. The number of nitriles is 1. The quantitative estimate of drug-likeness (QED) is 0.236. The van der Waals surface area contributed by atoms with Gasteiger partial charge in [-0.2, -0.15) is 18.4 Å². The number of fused-ring (bicyclic) bond motifs is 1. The molecule has 1 saturated heterocycles. The fourth-order valence-corrected chi connectivity index (χ4v) is 6.10. The molecule has 3 aromatic rings. The third-order valence-corrected chi connectivity index (χ3v) is 8.79. The molecule has 2 aromatic carbocycles. The lowest BCUT2D eigenvalue weighted by Gasteiger charge is -2.39. The summed E-state index contributed by atoms with van der Waals surface area (Å²) in [6.07, 6.45) is -0.385. The van der Waals surface area contributed by atoms with Crippen LogP contribution in [0.15, 0.2) is 36.5 Å². The summed E-state index contributed by atoms with van der Waals surface area (Å²) < 4.78 is 68.5. The minimum atomic E-state index is -4.94. The zero-order valence-corrected chi connectivity index (χ0v) is 26.4. The lowest BCUT2D eigenvalue weighted by atomic mass is 9.90. The molecule has 2 aliphatic rings. The number of halogens is 3. The number of aliphatic hydroxyl groups is 1. The molecule has 1 aromatic heterocycles.